The van der Waals surface area contributed by atoms with Gasteiger partial charge in [-0.3, -0.25) is 0 Å². The van der Waals surface area contributed by atoms with E-state index in [2.05, 4.69) is 31.4 Å². The zero-order valence-electron chi connectivity index (χ0n) is 10.3. The molecule has 1 fully saturated rings. The van der Waals surface area contributed by atoms with Crippen LogP contribution in [0.1, 0.15) is 5.89 Å². The lowest BCUT2D eigenvalue weighted by molar-refractivity contribution is 0.0744. The molecule has 2 aromatic rings. The third kappa shape index (κ3) is 3.20. The third-order valence-corrected chi connectivity index (χ3v) is 3.46. The summed E-state index contributed by atoms with van der Waals surface area (Å²) in [5.41, 5.74) is 0.942. The van der Waals surface area contributed by atoms with Crippen LogP contribution in [0.15, 0.2) is 33.3 Å². The van der Waals surface area contributed by atoms with Crippen molar-refractivity contribution in [3.63, 3.8) is 0 Å². The molecule has 1 aliphatic rings. The Balaban J connectivity index is 1.72. The lowest BCUT2D eigenvalue weighted by Gasteiger charge is -2.22. The van der Waals surface area contributed by atoms with Gasteiger partial charge in [0.05, 0.1) is 13.2 Å². The monoisotopic (exact) mass is 323 g/mol. The van der Waals surface area contributed by atoms with E-state index in [9.17, 15) is 0 Å². The summed E-state index contributed by atoms with van der Waals surface area (Å²) in [5, 5.41) is 7.38. The van der Waals surface area contributed by atoms with Crippen molar-refractivity contribution in [2.24, 2.45) is 0 Å². The van der Waals surface area contributed by atoms with E-state index in [-0.39, 0.29) is 6.04 Å². The lowest BCUT2D eigenvalue weighted by Crippen LogP contribution is -2.42. The molecule has 19 heavy (non-hydrogen) atoms. The molecule has 100 valence electrons. The predicted molar refractivity (Wildman–Crippen MR) is 73.7 cm³/mol. The molecule has 0 aliphatic carbocycles. The van der Waals surface area contributed by atoms with Crippen LogP contribution in [0.25, 0.3) is 11.4 Å². The van der Waals surface area contributed by atoms with Gasteiger partial charge in [0.1, 0.15) is 0 Å². The normalized spacial score (nSPS) is 19.5. The van der Waals surface area contributed by atoms with E-state index in [4.69, 9.17) is 9.26 Å². The molecule has 1 saturated heterocycles. The first-order valence-electron chi connectivity index (χ1n) is 6.21. The average molecular weight is 324 g/mol. The molecule has 1 aliphatic heterocycles. The molecule has 1 aromatic heterocycles. The highest BCUT2D eigenvalue weighted by Crippen LogP contribution is 2.20. The van der Waals surface area contributed by atoms with Gasteiger partial charge >= 0.3 is 0 Å². The van der Waals surface area contributed by atoms with Crippen molar-refractivity contribution in [2.45, 2.75) is 12.5 Å². The van der Waals surface area contributed by atoms with E-state index in [1.54, 1.807) is 0 Å². The van der Waals surface area contributed by atoms with E-state index < -0.39 is 0 Å². The molecule has 1 atom stereocenters. The number of rotatable bonds is 3. The molecular formula is C13H14BrN3O2. The van der Waals surface area contributed by atoms with E-state index in [0.717, 1.165) is 23.2 Å². The Morgan fingerprint density at radius 2 is 2.37 bits per heavy atom. The van der Waals surface area contributed by atoms with Crippen LogP contribution < -0.4 is 5.32 Å². The van der Waals surface area contributed by atoms with Crippen molar-refractivity contribution in [3.8, 4) is 11.4 Å². The maximum absolute atomic E-state index is 5.40. The smallest absolute Gasteiger partial charge is 0.228 e. The van der Waals surface area contributed by atoms with Crippen LogP contribution in [0.4, 0.5) is 0 Å². The Bertz CT molecular complexity index is 552. The molecule has 0 amide bonds. The molecule has 1 aromatic carbocycles. The summed E-state index contributed by atoms with van der Waals surface area (Å²) in [6.45, 7) is 2.33. The summed E-state index contributed by atoms with van der Waals surface area (Å²) < 4.78 is 11.7. The number of nitrogens with one attached hydrogen (secondary N) is 1. The van der Waals surface area contributed by atoms with Gasteiger partial charge < -0.3 is 14.6 Å². The minimum absolute atomic E-state index is 0.254. The van der Waals surface area contributed by atoms with E-state index in [1.165, 1.54) is 0 Å². The molecule has 5 nitrogen and oxygen atoms in total. The summed E-state index contributed by atoms with van der Waals surface area (Å²) >= 11 is 3.43. The summed E-state index contributed by atoms with van der Waals surface area (Å²) in [6.07, 6.45) is 0.695. The van der Waals surface area contributed by atoms with Crippen LogP contribution in [-0.4, -0.2) is 35.9 Å². The Morgan fingerprint density at radius 3 is 3.16 bits per heavy atom. The van der Waals surface area contributed by atoms with Crippen molar-refractivity contribution in [1.82, 2.24) is 15.5 Å². The first-order valence-corrected chi connectivity index (χ1v) is 7.00. The molecular weight excluding hydrogens is 310 g/mol. The molecule has 6 heteroatoms. The van der Waals surface area contributed by atoms with Gasteiger partial charge in [0.15, 0.2) is 0 Å². The van der Waals surface area contributed by atoms with Gasteiger partial charge in [0.25, 0.3) is 0 Å². The van der Waals surface area contributed by atoms with Gasteiger partial charge in [-0.25, -0.2) is 0 Å². The topological polar surface area (TPSA) is 60.2 Å². The van der Waals surface area contributed by atoms with Crippen LogP contribution in [0.3, 0.4) is 0 Å². The summed E-state index contributed by atoms with van der Waals surface area (Å²) in [7, 11) is 0. The Morgan fingerprint density at radius 1 is 1.42 bits per heavy atom. The number of halogens is 1. The van der Waals surface area contributed by atoms with Crippen LogP contribution in [0.2, 0.25) is 0 Å². The molecule has 1 N–H and O–H groups in total. The molecule has 0 radical (unpaired) electrons. The number of nitrogens with zero attached hydrogens (tertiary/aromatic N) is 2. The van der Waals surface area contributed by atoms with E-state index in [1.807, 2.05) is 24.3 Å². The fourth-order valence-corrected chi connectivity index (χ4v) is 2.44. The maximum atomic E-state index is 5.40. The number of benzene rings is 1. The molecule has 0 bridgehead atoms. The zero-order valence-corrected chi connectivity index (χ0v) is 11.9. The van der Waals surface area contributed by atoms with Crippen molar-refractivity contribution in [3.05, 3.63) is 34.6 Å². The summed E-state index contributed by atoms with van der Waals surface area (Å²) in [5.74, 6) is 1.26. The highest BCUT2D eigenvalue weighted by atomic mass is 79.9. The quantitative estimate of drug-likeness (QED) is 0.936. The highest BCUT2D eigenvalue weighted by molar-refractivity contribution is 9.10. The molecule has 3 rings (SSSR count). The van der Waals surface area contributed by atoms with Crippen LogP contribution >= 0.6 is 15.9 Å². The van der Waals surface area contributed by atoms with Crippen LogP contribution in [-0.2, 0) is 11.2 Å². The van der Waals surface area contributed by atoms with Gasteiger partial charge in [-0.05, 0) is 12.1 Å². The number of morpholine rings is 1. The second-order valence-corrected chi connectivity index (χ2v) is 5.37. The summed E-state index contributed by atoms with van der Waals surface area (Å²) in [6, 6.07) is 8.10. The van der Waals surface area contributed by atoms with Crippen molar-refractivity contribution < 1.29 is 9.26 Å². The standard InChI is InChI=1S/C13H14BrN3O2/c14-10-3-1-2-9(6-10)13-16-12(19-17-13)7-11-8-18-5-4-15-11/h1-3,6,11,15H,4-5,7-8H2. The maximum Gasteiger partial charge on any atom is 0.228 e. The Labute approximate surface area is 119 Å². The second kappa shape index (κ2) is 5.81. The van der Waals surface area contributed by atoms with Crippen LogP contribution in [0, 0.1) is 0 Å². The number of aromatic nitrogens is 2. The largest absolute Gasteiger partial charge is 0.378 e. The van der Waals surface area contributed by atoms with Gasteiger partial charge in [-0.15, -0.1) is 0 Å². The minimum Gasteiger partial charge on any atom is -0.378 e. The van der Waals surface area contributed by atoms with Gasteiger partial charge in [-0.2, -0.15) is 4.98 Å². The first kappa shape index (κ1) is 12.8. The van der Waals surface area contributed by atoms with E-state index >= 15 is 0 Å². The number of ether oxygens (including phenoxy) is 1. The molecule has 0 saturated carbocycles. The number of hydrogen-bond donors (Lipinski definition) is 1. The predicted octanol–water partition coefficient (Wildman–Crippen LogP) is 2.03. The Kier molecular flexibility index (Phi) is 3.91. The minimum atomic E-state index is 0.254. The van der Waals surface area contributed by atoms with Crippen molar-refractivity contribution in [2.75, 3.05) is 19.8 Å². The lowest BCUT2D eigenvalue weighted by atomic mass is 10.2. The molecule has 2 heterocycles. The van der Waals surface area contributed by atoms with Gasteiger partial charge in [-0.1, -0.05) is 33.2 Å². The Hall–Kier alpha value is -1.24. The zero-order chi connectivity index (χ0) is 13.1. The third-order valence-electron chi connectivity index (χ3n) is 2.97. The second-order valence-electron chi connectivity index (χ2n) is 4.45. The highest BCUT2D eigenvalue weighted by Gasteiger charge is 2.17. The SMILES string of the molecule is Brc1cccc(-c2noc(CC3COCCN3)n2)c1. The van der Waals surface area contributed by atoms with Crippen molar-refractivity contribution >= 4 is 15.9 Å². The summed E-state index contributed by atoms with van der Waals surface area (Å²) in [4.78, 5) is 4.42. The molecule has 1 unspecified atom stereocenters. The van der Waals surface area contributed by atoms with Gasteiger partial charge in [0.2, 0.25) is 11.7 Å². The first-order chi connectivity index (χ1) is 9.31. The fourth-order valence-electron chi connectivity index (χ4n) is 2.04. The van der Waals surface area contributed by atoms with Crippen molar-refractivity contribution in [1.29, 1.82) is 0 Å². The van der Waals surface area contributed by atoms with E-state index in [0.29, 0.717) is 24.7 Å². The molecule has 0 spiro atoms. The van der Waals surface area contributed by atoms with Gasteiger partial charge in [0, 0.05) is 29.0 Å². The number of hydrogen-bond acceptors (Lipinski definition) is 5. The fraction of sp³-hybridized carbons (Fsp3) is 0.385. The average Bonchev–Trinajstić information content (AvgIpc) is 2.88. The van der Waals surface area contributed by atoms with Crippen LogP contribution in [0.5, 0.6) is 0 Å².